The van der Waals surface area contributed by atoms with Crippen LogP contribution in [0.25, 0.3) is 0 Å². The van der Waals surface area contributed by atoms with Crippen LogP contribution in [-0.2, 0) is 20.4 Å². The second kappa shape index (κ2) is 7.29. The lowest BCUT2D eigenvalue weighted by Crippen LogP contribution is -2.59. The Morgan fingerprint density at radius 1 is 1.42 bits per heavy atom. The van der Waals surface area contributed by atoms with Crippen LogP contribution in [0.3, 0.4) is 0 Å². The molecule has 1 aliphatic rings. The zero-order chi connectivity index (χ0) is 19.7. The van der Waals surface area contributed by atoms with E-state index in [0.717, 1.165) is 17.0 Å². The van der Waals surface area contributed by atoms with E-state index in [1.807, 2.05) is 6.07 Å². The third-order valence-electron chi connectivity index (χ3n) is 4.77. The van der Waals surface area contributed by atoms with Crippen LogP contribution in [0.1, 0.15) is 25.8 Å². The largest absolute Gasteiger partial charge is 0.322 e. The normalized spacial score (nSPS) is 22.1. The Morgan fingerprint density at radius 2 is 2.00 bits per heavy atom. The summed E-state index contributed by atoms with van der Waals surface area (Å²) in [5.41, 5.74) is 6.30. The predicted molar refractivity (Wildman–Crippen MR) is 91.7 cm³/mol. The first-order chi connectivity index (χ1) is 12.0. The Bertz CT molecular complexity index is 819. The first-order valence-electron chi connectivity index (χ1n) is 8.06. The average Bonchev–Trinajstić information content (AvgIpc) is 2.96. The number of likely N-dealkylation sites (tertiary alicyclic amines) is 1. The van der Waals surface area contributed by atoms with Gasteiger partial charge in [-0.3, -0.25) is 4.79 Å². The summed E-state index contributed by atoms with van der Waals surface area (Å²) in [6.07, 6.45) is -1.45. The molecule has 26 heavy (non-hydrogen) atoms. The Labute approximate surface area is 151 Å². The molecule has 1 saturated heterocycles. The lowest BCUT2D eigenvalue weighted by atomic mass is 10.0. The number of carbonyl (C=O) groups is 1. The van der Waals surface area contributed by atoms with E-state index < -0.39 is 50.3 Å². The van der Waals surface area contributed by atoms with Crippen LogP contribution in [0.4, 0.5) is 8.78 Å². The molecule has 3 unspecified atom stereocenters. The third kappa shape index (κ3) is 3.86. The molecule has 6 nitrogen and oxygen atoms in total. The average molecular weight is 385 g/mol. The fourth-order valence-electron chi connectivity index (χ4n) is 2.81. The van der Waals surface area contributed by atoms with E-state index in [1.165, 1.54) is 26.0 Å². The summed E-state index contributed by atoms with van der Waals surface area (Å²) in [6.45, 7) is 2.36. The number of amides is 1. The molecule has 142 valence electrons. The first kappa shape index (κ1) is 20.3. The number of nitrogens with two attached hydrogens (primary N) is 1. The van der Waals surface area contributed by atoms with Gasteiger partial charge in [0, 0.05) is 6.42 Å². The van der Waals surface area contributed by atoms with Crippen molar-refractivity contribution in [3.05, 3.63) is 35.6 Å². The van der Waals surface area contributed by atoms with E-state index in [-0.39, 0.29) is 13.0 Å². The summed E-state index contributed by atoms with van der Waals surface area (Å²) in [5.74, 6) is -1.69. The molecule has 1 aromatic rings. The van der Waals surface area contributed by atoms with Crippen LogP contribution >= 0.6 is 0 Å². The number of nitriles is 1. The number of rotatable bonds is 5. The van der Waals surface area contributed by atoms with Crippen molar-refractivity contribution in [2.45, 2.75) is 49.0 Å². The highest BCUT2D eigenvalue weighted by Gasteiger charge is 2.47. The van der Waals surface area contributed by atoms with Gasteiger partial charge in [0.25, 0.3) is 0 Å². The van der Waals surface area contributed by atoms with Gasteiger partial charge in [-0.1, -0.05) is 12.1 Å². The van der Waals surface area contributed by atoms with Gasteiger partial charge < -0.3 is 10.6 Å². The van der Waals surface area contributed by atoms with Crippen LogP contribution in [0.15, 0.2) is 24.3 Å². The zero-order valence-electron chi connectivity index (χ0n) is 14.5. The second-order valence-electron chi connectivity index (χ2n) is 6.94. The quantitative estimate of drug-likeness (QED) is 0.823. The van der Waals surface area contributed by atoms with Crippen LogP contribution < -0.4 is 5.73 Å². The number of alkyl halides is 1. The zero-order valence-corrected chi connectivity index (χ0v) is 15.3. The molecule has 1 fully saturated rings. The van der Waals surface area contributed by atoms with Crippen molar-refractivity contribution < 1.29 is 22.0 Å². The van der Waals surface area contributed by atoms with E-state index in [9.17, 15) is 22.0 Å². The molecule has 2 rings (SSSR count). The summed E-state index contributed by atoms with van der Waals surface area (Å²) in [7, 11) is -3.91. The molecule has 0 spiro atoms. The molecule has 2 N–H and O–H groups in total. The smallest absolute Gasteiger partial charge is 0.242 e. The fraction of sp³-hybridized carbons (Fsp3) is 0.529. The van der Waals surface area contributed by atoms with Gasteiger partial charge in [-0.2, -0.15) is 5.26 Å². The van der Waals surface area contributed by atoms with Crippen molar-refractivity contribution in [1.29, 1.82) is 5.26 Å². The molecule has 9 heteroatoms. The van der Waals surface area contributed by atoms with Crippen molar-refractivity contribution >= 4 is 15.7 Å². The van der Waals surface area contributed by atoms with E-state index in [4.69, 9.17) is 11.0 Å². The number of nitrogens with zero attached hydrogens (tertiary/aromatic N) is 2. The van der Waals surface area contributed by atoms with Crippen LogP contribution in [0.2, 0.25) is 0 Å². The summed E-state index contributed by atoms with van der Waals surface area (Å²) in [4.78, 5) is 13.6. The molecule has 1 amide bonds. The van der Waals surface area contributed by atoms with E-state index in [2.05, 4.69) is 0 Å². The van der Waals surface area contributed by atoms with E-state index >= 15 is 0 Å². The maximum Gasteiger partial charge on any atom is 0.242 e. The molecular formula is C17H21F2N3O3S. The minimum atomic E-state index is -3.91. The highest BCUT2D eigenvalue weighted by molar-refractivity contribution is 7.92. The minimum absolute atomic E-state index is 0.113. The molecule has 1 aliphatic heterocycles. The van der Waals surface area contributed by atoms with Crippen LogP contribution in [-0.4, -0.2) is 48.8 Å². The molecule has 1 heterocycles. The van der Waals surface area contributed by atoms with Gasteiger partial charge in [-0.25, -0.2) is 17.2 Å². The van der Waals surface area contributed by atoms with Crippen LogP contribution in [0.5, 0.6) is 0 Å². The van der Waals surface area contributed by atoms with Crippen LogP contribution in [0, 0.1) is 17.1 Å². The highest BCUT2D eigenvalue weighted by Crippen LogP contribution is 2.28. The maximum absolute atomic E-state index is 13.6. The standard InChI is InChI=1S/C17H21F2N3O3S/c1-17(2,26(24,25)10-11-3-5-12(18)6-4-11)15(21)16(23)22-9-13(19)7-14(22)8-20/h3-6,13-15H,7,9-10,21H2,1-2H3. The maximum atomic E-state index is 13.6. The second-order valence-corrected chi connectivity index (χ2v) is 9.51. The molecular weight excluding hydrogens is 364 g/mol. The van der Waals surface area contributed by atoms with E-state index in [1.54, 1.807) is 0 Å². The highest BCUT2D eigenvalue weighted by atomic mass is 32.2. The summed E-state index contributed by atoms with van der Waals surface area (Å²) in [6, 6.07) is 4.39. The lowest BCUT2D eigenvalue weighted by molar-refractivity contribution is -0.133. The summed E-state index contributed by atoms with van der Waals surface area (Å²) >= 11 is 0. The SMILES string of the molecule is CC(C)(C(N)C(=O)N1CC(F)CC1C#N)S(=O)(=O)Cc1ccc(F)cc1. The number of hydrogen-bond acceptors (Lipinski definition) is 5. The van der Waals surface area contributed by atoms with Gasteiger partial charge in [-0.05, 0) is 31.5 Å². The molecule has 0 bridgehead atoms. The molecule has 3 atom stereocenters. The third-order valence-corrected chi connectivity index (χ3v) is 7.34. The molecule has 0 radical (unpaired) electrons. The molecule has 0 aliphatic carbocycles. The fourth-order valence-corrected chi connectivity index (χ4v) is 4.30. The van der Waals surface area contributed by atoms with Gasteiger partial charge >= 0.3 is 0 Å². The Kier molecular flexibility index (Phi) is 5.68. The molecule has 0 saturated carbocycles. The van der Waals surface area contributed by atoms with Gasteiger partial charge in [0.15, 0.2) is 9.84 Å². The number of sulfone groups is 1. The molecule has 1 aromatic carbocycles. The predicted octanol–water partition coefficient (Wildman–Crippen LogP) is 1.31. The van der Waals surface area contributed by atoms with Gasteiger partial charge in [0.05, 0.1) is 23.1 Å². The van der Waals surface area contributed by atoms with E-state index in [0.29, 0.717) is 5.56 Å². The summed E-state index contributed by atoms with van der Waals surface area (Å²) in [5, 5.41) is 9.06. The monoisotopic (exact) mass is 385 g/mol. The van der Waals surface area contributed by atoms with Crippen molar-refractivity contribution in [3.63, 3.8) is 0 Å². The number of carbonyl (C=O) groups excluding carboxylic acids is 1. The van der Waals surface area contributed by atoms with Crippen molar-refractivity contribution in [3.8, 4) is 6.07 Å². The Morgan fingerprint density at radius 3 is 2.54 bits per heavy atom. The van der Waals surface area contributed by atoms with Gasteiger partial charge in [0.1, 0.15) is 24.1 Å². The minimum Gasteiger partial charge on any atom is -0.322 e. The van der Waals surface area contributed by atoms with Crippen molar-refractivity contribution in [2.24, 2.45) is 5.73 Å². The Hall–Kier alpha value is -2.05. The Balaban J connectivity index is 2.22. The number of halogens is 2. The van der Waals surface area contributed by atoms with Gasteiger partial charge in [0.2, 0.25) is 5.91 Å². The van der Waals surface area contributed by atoms with Gasteiger partial charge in [-0.15, -0.1) is 0 Å². The summed E-state index contributed by atoms with van der Waals surface area (Å²) < 4.78 is 50.5. The number of benzene rings is 1. The van der Waals surface area contributed by atoms with Crippen molar-refractivity contribution in [2.75, 3.05) is 6.54 Å². The van der Waals surface area contributed by atoms with Crippen molar-refractivity contribution in [1.82, 2.24) is 4.90 Å². The number of hydrogen-bond donors (Lipinski definition) is 1. The topological polar surface area (TPSA) is 104 Å². The lowest BCUT2D eigenvalue weighted by Gasteiger charge is -2.33. The molecule has 0 aromatic heterocycles. The first-order valence-corrected chi connectivity index (χ1v) is 9.71.